The molecule has 0 atom stereocenters. The number of para-hydroxylation sites is 1. The van der Waals surface area contributed by atoms with Crippen molar-refractivity contribution in [3.8, 4) is 0 Å². The van der Waals surface area contributed by atoms with Gasteiger partial charge in [-0.3, -0.25) is 16.0 Å². The van der Waals surface area contributed by atoms with Crippen LogP contribution in [-0.4, -0.2) is 4.92 Å². The first-order valence-corrected chi connectivity index (χ1v) is 6.11. The average molecular weight is 272 g/mol. The molecule has 0 fully saturated rings. The smallest absolute Gasteiger partial charge is 0.316 e. The fourth-order valence-corrected chi connectivity index (χ4v) is 1.93. The maximum Gasteiger partial charge on any atom is 0.316 e. The summed E-state index contributed by atoms with van der Waals surface area (Å²) in [5.74, 6) is 5.31. The fraction of sp³-hybridized carbons (Fsp3) is 0.143. The van der Waals surface area contributed by atoms with Crippen LogP contribution in [0.4, 0.5) is 22.7 Å². The summed E-state index contributed by atoms with van der Waals surface area (Å²) >= 11 is 0. The molecule has 0 aliphatic rings. The van der Waals surface area contributed by atoms with Gasteiger partial charge in [-0.25, -0.2) is 0 Å². The molecule has 0 aromatic heterocycles. The Bertz CT molecular complexity index is 656. The number of aryl methyl sites for hydroxylation is 2. The summed E-state index contributed by atoms with van der Waals surface area (Å²) in [6.07, 6.45) is 0. The first-order valence-electron chi connectivity index (χ1n) is 6.11. The first-order chi connectivity index (χ1) is 9.52. The van der Waals surface area contributed by atoms with Crippen LogP contribution in [0.3, 0.4) is 0 Å². The summed E-state index contributed by atoms with van der Waals surface area (Å²) in [7, 11) is 0. The second-order valence-electron chi connectivity index (χ2n) is 4.53. The van der Waals surface area contributed by atoms with E-state index in [4.69, 9.17) is 5.84 Å². The lowest BCUT2D eigenvalue weighted by molar-refractivity contribution is -0.383. The molecule has 0 spiro atoms. The number of nitrogens with zero attached hydrogens (tertiary/aromatic N) is 1. The fourth-order valence-electron chi connectivity index (χ4n) is 1.93. The number of nitro benzene ring substituents is 1. The van der Waals surface area contributed by atoms with E-state index in [0.717, 1.165) is 11.3 Å². The summed E-state index contributed by atoms with van der Waals surface area (Å²) < 4.78 is 0. The van der Waals surface area contributed by atoms with Crippen molar-refractivity contribution in [3.63, 3.8) is 0 Å². The van der Waals surface area contributed by atoms with E-state index in [0.29, 0.717) is 5.69 Å². The van der Waals surface area contributed by atoms with E-state index < -0.39 is 4.92 Å². The summed E-state index contributed by atoms with van der Waals surface area (Å²) in [5, 5.41) is 14.2. The lowest BCUT2D eigenvalue weighted by atomic mass is 10.1. The topological polar surface area (TPSA) is 93.2 Å². The standard InChI is InChI=1S/C14H16N4O2/c1-9-6-7-11(8-10(9)2)16-12-4-3-5-13(17-15)14(12)18(19)20/h3-8,16-17H,15H2,1-2H3. The van der Waals surface area contributed by atoms with Crippen LogP contribution < -0.4 is 16.6 Å². The van der Waals surface area contributed by atoms with Crippen LogP contribution in [-0.2, 0) is 0 Å². The summed E-state index contributed by atoms with van der Waals surface area (Å²) in [4.78, 5) is 10.7. The van der Waals surface area contributed by atoms with Crippen molar-refractivity contribution in [3.05, 3.63) is 57.6 Å². The Balaban J connectivity index is 2.42. The minimum Gasteiger partial charge on any atom is -0.350 e. The molecule has 0 heterocycles. The SMILES string of the molecule is Cc1ccc(Nc2cccc(NN)c2[N+](=O)[O-])cc1C. The third-order valence-electron chi connectivity index (χ3n) is 3.16. The molecule has 6 nitrogen and oxygen atoms in total. The largest absolute Gasteiger partial charge is 0.350 e. The molecule has 0 aliphatic carbocycles. The highest BCUT2D eigenvalue weighted by Crippen LogP contribution is 2.34. The zero-order valence-corrected chi connectivity index (χ0v) is 11.3. The summed E-state index contributed by atoms with van der Waals surface area (Å²) in [5.41, 5.74) is 6.01. The molecule has 0 amide bonds. The number of nitrogen functional groups attached to an aromatic ring is 1. The number of nitrogens with two attached hydrogens (primary N) is 1. The molecule has 2 rings (SSSR count). The van der Waals surface area contributed by atoms with Crippen LogP contribution in [0.15, 0.2) is 36.4 Å². The van der Waals surface area contributed by atoms with Crippen LogP contribution in [0.5, 0.6) is 0 Å². The molecule has 104 valence electrons. The van der Waals surface area contributed by atoms with Crippen LogP contribution in [0, 0.1) is 24.0 Å². The van der Waals surface area contributed by atoms with Gasteiger partial charge in [-0.15, -0.1) is 0 Å². The first kappa shape index (κ1) is 13.8. The van der Waals surface area contributed by atoms with E-state index >= 15 is 0 Å². The van der Waals surface area contributed by atoms with Gasteiger partial charge in [-0.2, -0.15) is 0 Å². The zero-order chi connectivity index (χ0) is 14.7. The molecular weight excluding hydrogens is 256 g/mol. The van der Waals surface area contributed by atoms with Crippen LogP contribution in [0.2, 0.25) is 0 Å². The second kappa shape index (κ2) is 5.58. The van der Waals surface area contributed by atoms with Gasteiger partial charge in [-0.1, -0.05) is 12.1 Å². The highest BCUT2D eigenvalue weighted by Gasteiger charge is 2.19. The number of nitro groups is 1. The predicted molar refractivity (Wildman–Crippen MR) is 80.1 cm³/mol. The van der Waals surface area contributed by atoms with Crippen LogP contribution >= 0.6 is 0 Å². The maximum absolute atomic E-state index is 11.2. The van der Waals surface area contributed by atoms with Gasteiger partial charge in [0, 0.05) is 5.69 Å². The zero-order valence-electron chi connectivity index (χ0n) is 11.3. The van der Waals surface area contributed by atoms with E-state index in [-0.39, 0.29) is 11.4 Å². The molecule has 20 heavy (non-hydrogen) atoms. The van der Waals surface area contributed by atoms with E-state index in [1.54, 1.807) is 18.2 Å². The van der Waals surface area contributed by atoms with Crippen molar-refractivity contribution >= 4 is 22.7 Å². The van der Waals surface area contributed by atoms with Gasteiger partial charge in [0.25, 0.3) is 0 Å². The van der Waals surface area contributed by atoms with Gasteiger partial charge in [-0.05, 0) is 49.2 Å². The van der Waals surface area contributed by atoms with Crippen molar-refractivity contribution in [2.75, 3.05) is 10.7 Å². The van der Waals surface area contributed by atoms with E-state index in [9.17, 15) is 10.1 Å². The number of rotatable bonds is 4. The number of hydrogen-bond donors (Lipinski definition) is 3. The molecule has 0 saturated carbocycles. The van der Waals surface area contributed by atoms with Crippen LogP contribution in [0.25, 0.3) is 0 Å². The van der Waals surface area contributed by atoms with Gasteiger partial charge in [0.05, 0.1) is 4.92 Å². The molecule has 0 radical (unpaired) electrons. The summed E-state index contributed by atoms with van der Waals surface area (Å²) in [6.45, 7) is 4.01. The number of nitrogens with one attached hydrogen (secondary N) is 2. The minimum atomic E-state index is -0.460. The van der Waals surface area contributed by atoms with Crippen LogP contribution in [0.1, 0.15) is 11.1 Å². The number of anilines is 3. The monoisotopic (exact) mass is 272 g/mol. The van der Waals surface area contributed by atoms with E-state index in [1.807, 2.05) is 32.0 Å². The number of hydrazine groups is 1. The molecule has 6 heteroatoms. The molecule has 0 aliphatic heterocycles. The maximum atomic E-state index is 11.2. The predicted octanol–water partition coefficient (Wildman–Crippen LogP) is 3.24. The average Bonchev–Trinajstić information content (AvgIpc) is 2.42. The van der Waals surface area contributed by atoms with Gasteiger partial charge >= 0.3 is 5.69 Å². The molecule has 2 aromatic rings. The quantitative estimate of drug-likeness (QED) is 0.451. The Morgan fingerprint density at radius 1 is 1.10 bits per heavy atom. The van der Waals surface area contributed by atoms with Crippen molar-refractivity contribution in [2.24, 2.45) is 5.84 Å². The molecule has 4 N–H and O–H groups in total. The van der Waals surface area contributed by atoms with Gasteiger partial charge in [0.2, 0.25) is 0 Å². The Hall–Kier alpha value is -2.60. The normalized spacial score (nSPS) is 10.2. The van der Waals surface area contributed by atoms with Gasteiger partial charge in [0.1, 0.15) is 11.4 Å². The molecule has 0 saturated heterocycles. The Labute approximate surface area is 116 Å². The van der Waals surface area contributed by atoms with Gasteiger partial charge in [0.15, 0.2) is 0 Å². The highest BCUT2D eigenvalue weighted by molar-refractivity contribution is 5.79. The van der Waals surface area contributed by atoms with Crippen molar-refractivity contribution in [1.82, 2.24) is 0 Å². The molecule has 0 unspecified atom stereocenters. The Morgan fingerprint density at radius 3 is 2.40 bits per heavy atom. The van der Waals surface area contributed by atoms with E-state index in [2.05, 4.69) is 10.7 Å². The number of hydrogen-bond acceptors (Lipinski definition) is 5. The lowest BCUT2D eigenvalue weighted by Gasteiger charge is -2.11. The summed E-state index contributed by atoms with van der Waals surface area (Å²) in [6, 6.07) is 10.7. The van der Waals surface area contributed by atoms with Crippen molar-refractivity contribution in [2.45, 2.75) is 13.8 Å². The molecule has 2 aromatic carbocycles. The lowest BCUT2D eigenvalue weighted by Crippen LogP contribution is -2.10. The van der Waals surface area contributed by atoms with Crippen molar-refractivity contribution < 1.29 is 4.92 Å². The molecular formula is C14H16N4O2. The second-order valence-corrected chi connectivity index (χ2v) is 4.53. The number of benzene rings is 2. The van der Waals surface area contributed by atoms with Gasteiger partial charge < -0.3 is 10.7 Å². The third-order valence-corrected chi connectivity index (χ3v) is 3.16. The van der Waals surface area contributed by atoms with E-state index in [1.165, 1.54) is 5.56 Å². The van der Waals surface area contributed by atoms with Crippen molar-refractivity contribution in [1.29, 1.82) is 0 Å². The third kappa shape index (κ3) is 2.70. The Morgan fingerprint density at radius 2 is 1.80 bits per heavy atom. The highest BCUT2D eigenvalue weighted by atomic mass is 16.6. The molecule has 0 bridgehead atoms. The minimum absolute atomic E-state index is 0.0757. The Kier molecular flexibility index (Phi) is 3.86.